The van der Waals surface area contributed by atoms with Crippen LogP contribution in [0.5, 0.6) is 0 Å². The van der Waals surface area contributed by atoms with Crippen LogP contribution in [-0.2, 0) is 4.79 Å². The second-order valence-electron chi connectivity index (χ2n) is 6.95. The molecule has 22 heavy (non-hydrogen) atoms. The Hall–Kier alpha value is -0.180. The maximum absolute atomic E-state index is 10.4. The molecule has 1 aliphatic rings. The van der Waals surface area contributed by atoms with Gasteiger partial charge in [-0.05, 0) is 24.0 Å². The van der Waals surface area contributed by atoms with E-state index in [2.05, 4.69) is 6.92 Å². The molecular weight excluding hydrogens is 292 g/mol. The van der Waals surface area contributed by atoms with Crippen molar-refractivity contribution in [3.05, 3.63) is 0 Å². The number of hydrogen-bond donors (Lipinski definition) is 1. The first-order chi connectivity index (χ1) is 10.7. The molecule has 0 unspecified atom stereocenters. The summed E-state index contributed by atoms with van der Waals surface area (Å²) in [6, 6.07) is 0. The highest BCUT2D eigenvalue weighted by atomic mass is 32.2. The molecule has 0 radical (unpaired) electrons. The molecule has 0 amide bonds. The maximum atomic E-state index is 10.4. The lowest BCUT2D eigenvalue weighted by atomic mass is 9.87. The Morgan fingerprint density at radius 1 is 0.955 bits per heavy atom. The molecule has 0 heterocycles. The molecule has 0 bridgehead atoms. The number of unbranched alkanes of at least 4 members (excludes halogenated alkanes) is 6. The molecule has 0 saturated heterocycles. The van der Waals surface area contributed by atoms with E-state index in [4.69, 9.17) is 5.11 Å². The van der Waals surface area contributed by atoms with E-state index in [9.17, 15) is 4.79 Å². The third kappa shape index (κ3) is 9.76. The van der Waals surface area contributed by atoms with Gasteiger partial charge >= 0.3 is 5.97 Å². The number of carbonyl (C=O) groups is 1. The summed E-state index contributed by atoms with van der Waals surface area (Å²) < 4.78 is 0. The van der Waals surface area contributed by atoms with Crippen molar-refractivity contribution in [2.45, 2.75) is 90.4 Å². The van der Waals surface area contributed by atoms with Gasteiger partial charge in [0.25, 0.3) is 0 Å². The molecule has 130 valence electrons. The van der Waals surface area contributed by atoms with Crippen molar-refractivity contribution in [2.75, 3.05) is 11.5 Å². The fraction of sp³-hybridized carbons (Fsp3) is 0.947. The lowest BCUT2D eigenvalue weighted by Crippen LogP contribution is -2.08. The summed E-state index contributed by atoms with van der Waals surface area (Å²) in [4.78, 5) is 10.4. The van der Waals surface area contributed by atoms with Crippen LogP contribution in [0.4, 0.5) is 0 Å². The van der Waals surface area contributed by atoms with E-state index in [1.807, 2.05) is 0 Å². The highest BCUT2D eigenvalue weighted by molar-refractivity contribution is 7.99. The third-order valence-electron chi connectivity index (χ3n) is 5.08. The molecule has 1 rings (SSSR count). The van der Waals surface area contributed by atoms with Crippen LogP contribution >= 0.6 is 11.8 Å². The Balaban J connectivity index is 1.99. The number of thioether (sulfide) groups is 1. The van der Waals surface area contributed by atoms with Crippen LogP contribution < -0.4 is 0 Å². The number of rotatable bonds is 14. The van der Waals surface area contributed by atoms with Crippen molar-refractivity contribution in [3.63, 3.8) is 0 Å². The Bertz CT molecular complexity index is 281. The zero-order valence-electron chi connectivity index (χ0n) is 14.5. The number of aliphatic carboxylic acids is 1. The van der Waals surface area contributed by atoms with E-state index in [-0.39, 0.29) is 5.75 Å². The van der Waals surface area contributed by atoms with E-state index >= 15 is 0 Å². The minimum Gasteiger partial charge on any atom is -0.481 e. The highest BCUT2D eigenvalue weighted by Crippen LogP contribution is 2.38. The lowest BCUT2D eigenvalue weighted by molar-refractivity contribution is -0.133. The van der Waals surface area contributed by atoms with Crippen LogP contribution in [0.1, 0.15) is 90.4 Å². The molecule has 1 N–H and O–H groups in total. The topological polar surface area (TPSA) is 37.3 Å². The quantitative estimate of drug-likeness (QED) is 0.389. The minimum absolute atomic E-state index is 0.268. The van der Waals surface area contributed by atoms with E-state index in [1.54, 1.807) is 11.8 Å². The fourth-order valence-electron chi connectivity index (χ4n) is 3.83. The molecule has 0 aromatic carbocycles. The van der Waals surface area contributed by atoms with Gasteiger partial charge in [0.1, 0.15) is 0 Å². The molecular formula is C19H36O2S. The molecule has 0 spiro atoms. The van der Waals surface area contributed by atoms with Crippen molar-refractivity contribution in [1.82, 2.24) is 0 Å². The number of hydrogen-bond acceptors (Lipinski definition) is 2. The largest absolute Gasteiger partial charge is 0.481 e. The average Bonchev–Trinajstić information content (AvgIpc) is 2.93. The van der Waals surface area contributed by atoms with E-state index in [0.717, 1.165) is 17.6 Å². The molecule has 2 atom stereocenters. The van der Waals surface area contributed by atoms with Crippen molar-refractivity contribution >= 4 is 17.7 Å². The molecule has 3 heteroatoms. The van der Waals surface area contributed by atoms with Crippen molar-refractivity contribution in [1.29, 1.82) is 0 Å². The minimum atomic E-state index is -0.681. The number of carboxylic acid groups (broad SMARTS) is 1. The first kappa shape index (κ1) is 19.9. The number of carboxylic acids is 1. The Kier molecular flexibility index (Phi) is 12.0. The summed E-state index contributed by atoms with van der Waals surface area (Å²) in [7, 11) is 0. The maximum Gasteiger partial charge on any atom is 0.313 e. The van der Waals surface area contributed by atoms with E-state index < -0.39 is 5.97 Å². The SMILES string of the molecule is CCCCCCCC[C@H]1CCC[C@@H]1CCCCSCC(=O)O. The molecule has 2 nitrogen and oxygen atoms in total. The molecule has 1 saturated carbocycles. The van der Waals surface area contributed by atoms with E-state index in [0.29, 0.717) is 0 Å². The van der Waals surface area contributed by atoms with Gasteiger partial charge in [-0.2, -0.15) is 11.8 Å². The first-order valence-electron chi connectivity index (χ1n) is 9.53. The summed E-state index contributed by atoms with van der Waals surface area (Å²) in [5.74, 6) is 2.57. The second kappa shape index (κ2) is 13.3. The summed E-state index contributed by atoms with van der Waals surface area (Å²) in [6.07, 6.45) is 18.2. The van der Waals surface area contributed by atoms with Crippen LogP contribution in [0.15, 0.2) is 0 Å². The molecule has 0 aromatic heterocycles. The fourth-order valence-corrected chi connectivity index (χ4v) is 4.56. The Labute approximate surface area is 141 Å². The van der Waals surface area contributed by atoms with Crippen LogP contribution in [0, 0.1) is 11.8 Å². The zero-order valence-corrected chi connectivity index (χ0v) is 15.3. The standard InChI is InChI=1S/C19H36O2S/c1-2-3-4-5-6-7-11-17-13-10-14-18(17)12-8-9-15-22-16-19(20)21/h17-18H,2-16H2,1H3,(H,20,21)/t17-,18-/m0/s1. The Morgan fingerprint density at radius 2 is 1.55 bits per heavy atom. The van der Waals surface area contributed by atoms with Crippen LogP contribution in [-0.4, -0.2) is 22.6 Å². The normalized spacial score (nSPS) is 21.3. The lowest BCUT2D eigenvalue weighted by Gasteiger charge is -2.19. The van der Waals surface area contributed by atoms with Gasteiger partial charge in [0.15, 0.2) is 0 Å². The predicted molar refractivity (Wildman–Crippen MR) is 97.6 cm³/mol. The molecule has 0 aliphatic heterocycles. The van der Waals surface area contributed by atoms with Gasteiger partial charge in [-0.1, -0.05) is 84.0 Å². The third-order valence-corrected chi connectivity index (χ3v) is 6.11. The highest BCUT2D eigenvalue weighted by Gasteiger charge is 2.25. The van der Waals surface area contributed by atoms with Gasteiger partial charge in [0.2, 0.25) is 0 Å². The van der Waals surface area contributed by atoms with Gasteiger partial charge in [-0.15, -0.1) is 0 Å². The van der Waals surface area contributed by atoms with Crippen LogP contribution in [0.2, 0.25) is 0 Å². The second-order valence-corrected chi connectivity index (χ2v) is 8.05. The predicted octanol–water partition coefficient (Wildman–Crippen LogP) is 6.14. The van der Waals surface area contributed by atoms with Gasteiger partial charge < -0.3 is 5.11 Å². The monoisotopic (exact) mass is 328 g/mol. The molecule has 0 aromatic rings. The first-order valence-corrected chi connectivity index (χ1v) is 10.7. The summed E-state index contributed by atoms with van der Waals surface area (Å²) in [5, 5.41) is 8.61. The zero-order chi connectivity index (χ0) is 16.0. The smallest absolute Gasteiger partial charge is 0.313 e. The van der Waals surface area contributed by atoms with Gasteiger partial charge in [-0.3, -0.25) is 4.79 Å². The van der Waals surface area contributed by atoms with Crippen LogP contribution in [0.3, 0.4) is 0 Å². The van der Waals surface area contributed by atoms with Gasteiger partial charge in [-0.25, -0.2) is 0 Å². The summed E-state index contributed by atoms with van der Waals surface area (Å²) in [5.41, 5.74) is 0. The molecule has 1 fully saturated rings. The van der Waals surface area contributed by atoms with Gasteiger partial charge in [0.05, 0.1) is 5.75 Å². The Morgan fingerprint density at radius 3 is 2.18 bits per heavy atom. The van der Waals surface area contributed by atoms with Crippen molar-refractivity contribution in [3.8, 4) is 0 Å². The molecule has 1 aliphatic carbocycles. The average molecular weight is 329 g/mol. The van der Waals surface area contributed by atoms with E-state index in [1.165, 1.54) is 83.5 Å². The van der Waals surface area contributed by atoms with Gasteiger partial charge in [0, 0.05) is 0 Å². The summed E-state index contributed by atoms with van der Waals surface area (Å²) >= 11 is 1.57. The van der Waals surface area contributed by atoms with Crippen molar-refractivity contribution < 1.29 is 9.90 Å². The summed E-state index contributed by atoms with van der Waals surface area (Å²) in [6.45, 7) is 2.28. The van der Waals surface area contributed by atoms with Crippen LogP contribution in [0.25, 0.3) is 0 Å². The van der Waals surface area contributed by atoms with Crippen molar-refractivity contribution in [2.24, 2.45) is 11.8 Å².